The van der Waals surface area contributed by atoms with Gasteiger partial charge in [0.1, 0.15) is 11.6 Å². The summed E-state index contributed by atoms with van der Waals surface area (Å²) in [5, 5.41) is 23.3. The summed E-state index contributed by atoms with van der Waals surface area (Å²) in [5.74, 6) is -0.757. The summed E-state index contributed by atoms with van der Waals surface area (Å²) >= 11 is 1.24. The highest BCUT2D eigenvalue weighted by Gasteiger charge is 2.16. The maximum atomic E-state index is 12.5. The van der Waals surface area contributed by atoms with Crippen LogP contribution >= 0.6 is 11.3 Å². The number of anilines is 1. The summed E-state index contributed by atoms with van der Waals surface area (Å²) in [7, 11) is 3.29. The highest BCUT2D eigenvalue weighted by atomic mass is 32.1. The van der Waals surface area contributed by atoms with Crippen molar-refractivity contribution in [2.24, 2.45) is 0 Å². The lowest BCUT2D eigenvalue weighted by molar-refractivity contribution is -0.384. The number of amides is 2. The monoisotopic (exact) mass is 446 g/mol. The van der Waals surface area contributed by atoms with Crippen molar-refractivity contribution in [3.63, 3.8) is 0 Å². The molecule has 0 bridgehead atoms. The third-order valence-electron chi connectivity index (χ3n) is 4.44. The largest absolute Gasteiger partial charge is 0.345 e. The van der Waals surface area contributed by atoms with E-state index in [2.05, 4.69) is 5.32 Å². The van der Waals surface area contributed by atoms with Crippen molar-refractivity contribution in [3.8, 4) is 16.5 Å². The molecular formula is C23H18N4O4S. The van der Waals surface area contributed by atoms with Gasteiger partial charge in [-0.05, 0) is 48.5 Å². The van der Waals surface area contributed by atoms with E-state index in [-0.39, 0.29) is 17.2 Å². The normalized spacial score (nSPS) is 10.8. The van der Waals surface area contributed by atoms with Gasteiger partial charge in [0.2, 0.25) is 0 Å². The second-order valence-corrected chi connectivity index (χ2v) is 7.99. The quantitative estimate of drug-likeness (QED) is 0.258. The van der Waals surface area contributed by atoms with E-state index < -0.39 is 10.8 Å². The molecule has 32 heavy (non-hydrogen) atoms. The Morgan fingerprint density at radius 1 is 1.09 bits per heavy atom. The topological polar surface area (TPSA) is 116 Å². The van der Waals surface area contributed by atoms with E-state index in [1.807, 2.05) is 6.07 Å². The van der Waals surface area contributed by atoms with Gasteiger partial charge in [0.25, 0.3) is 17.5 Å². The Balaban J connectivity index is 1.78. The molecule has 160 valence electrons. The van der Waals surface area contributed by atoms with Crippen LogP contribution in [0.3, 0.4) is 0 Å². The summed E-state index contributed by atoms with van der Waals surface area (Å²) in [6.45, 7) is 0. The fourth-order valence-corrected chi connectivity index (χ4v) is 3.85. The summed E-state index contributed by atoms with van der Waals surface area (Å²) < 4.78 is 0. The molecule has 0 aliphatic rings. The van der Waals surface area contributed by atoms with Crippen molar-refractivity contribution >= 4 is 40.6 Å². The molecule has 0 fully saturated rings. The molecule has 0 aliphatic heterocycles. The number of benzene rings is 2. The summed E-state index contributed by atoms with van der Waals surface area (Å²) in [4.78, 5) is 38.0. The molecule has 0 aliphatic carbocycles. The van der Waals surface area contributed by atoms with Crippen LogP contribution in [0.5, 0.6) is 0 Å². The molecular weight excluding hydrogens is 428 g/mol. The van der Waals surface area contributed by atoms with Crippen LogP contribution in [-0.4, -0.2) is 35.7 Å². The lowest BCUT2D eigenvalue weighted by Crippen LogP contribution is -2.21. The van der Waals surface area contributed by atoms with E-state index in [0.717, 1.165) is 0 Å². The van der Waals surface area contributed by atoms with Gasteiger partial charge in [-0.1, -0.05) is 12.1 Å². The maximum absolute atomic E-state index is 12.5. The minimum Gasteiger partial charge on any atom is -0.345 e. The van der Waals surface area contributed by atoms with E-state index in [1.54, 1.807) is 68.7 Å². The molecule has 8 nitrogen and oxygen atoms in total. The van der Waals surface area contributed by atoms with Crippen molar-refractivity contribution in [1.82, 2.24) is 4.90 Å². The number of nitriles is 1. The van der Waals surface area contributed by atoms with Crippen LogP contribution in [0, 0.1) is 21.4 Å². The SMILES string of the molecule is CN(C)C(=O)c1ccc(NC(=O)/C(C#N)=C/c2ccc(-c3ccccc3[N+](=O)[O-])s2)cc1. The molecule has 0 atom stereocenters. The number of nitro groups is 1. The van der Waals surface area contributed by atoms with Crippen molar-refractivity contribution in [2.45, 2.75) is 0 Å². The van der Waals surface area contributed by atoms with Crippen molar-refractivity contribution in [1.29, 1.82) is 5.26 Å². The van der Waals surface area contributed by atoms with Gasteiger partial charge >= 0.3 is 0 Å². The fraction of sp³-hybridized carbons (Fsp3) is 0.0870. The first-order valence-electron chi connectivity index (χ1n) is 9.38. The summed E-state index contributed by atoms with van der Waals surface area (Å²) in [6, 6.07) is 18.0. The van der Waals surface area contributed by atoms with Crippen LogP contribution in [0.2, 0.25) is 0 Å². The molecule has 3 aromatic rings. The van der Waals surface area contributed by atoms with Gasteiger partial charge in [0, 0.05) is 41.2 Å². The van der Waals surface area contributed by atoms with E-state index in [0.29, 0.717) is 26.6 Å². The van der Waals surface area contributed by atoms with Crippen LogP contribution < -0.4 is 5.32 Å². The number of carbonyl (C=O) groups is 2. The van der Waals surface area contributed by atoms with Crippen molar-refractivity contribution in [3.05, 3.63) is 86.8 Å². The summed E-state index contributed by atoms with van der Waals surface area (Å²) in [5.41, 5.74) is 1.26. The lowest BCUT2D eigenvalue weighted by Gasteiger charge is -2.10. The van der Waals surface area contributed by atoms with Gasteiger partial charge in [-0.2, -0.15) is 5.26 Å². The van der Waals surface area contributed by atoms with Gasteiger partial charge in [-0.25, -0.2) is 0 Å². The van der Waals surface area contributed by atoms with Gasteiger partial charge < -0.3 is 10.2 Å². The van der Waals surface area contributed by atoms with Crippen LogP contribution in [0.4, 0.5) is 11.4 Å². The number of nitrogens with zero attached hydrogens (tertiary/aromatic N) is 3. The zero-order chi connectivity index (χ0) is 23.3. The Kier molecular flexibility index (Phi) is 6.77. The fourth-order valence-electron chi connectivity index (χ4n) is 2.86. The third-order valence-corrected chi connectivity index (χ3v) is 5.51. The Morgan fingerprint density at radius 3 is 2.41 bits per heavy atom. The average molecular weight is 446 g/mol. The molecule has 2 amide bonds. The Bertz CT molecular complexity index is 1250. The second kappa shape index (κ2) is 9.68. The standard InChI is InChI=1S/C23H18N4O4S/c1-26(2)23(29)15-7-9-17(10-8-15)25-22(28)16(14-24)13-18-11-12-21(32-18)19-5-3-4-6-20(19)27(30)31/h3-13H,1-2H3,(H,25,28)/b16-13+. The van der Waals surface area contributed by atoms with Crippen molar-refractivity contribution in [2.75, 3.05) is 19.4 Å². The first kappa shape index (κ1) is 22.4. The minimum atomic E-state index is -0.597. The van der Waals surface area contributed by atoms with Crippen LogP contribution in [0.1, 0.15) is 15.2 Å². The van der Waals surface area contributed by atoms with E-state index in [9.17, 15) is 25.0 Å². The molecule has 0 radical (unpaired) electrons. The summed E-state index contributed by atoms with van der Waals surface area (Å²) in [6.07, 6.45) is 1.43. The predicted molar refractivity (Wildman–Crippen MR) is 123 cm³/mol. The van der Waals surface area contributed by atoms with Gasteiger partial charge in [-0.3, -0.25) is 19.7 Å². The highest BCUT2D eigenvalue weighted by Crippen LogP contribution is 2.35. The molecule has 2 aromatic carbocycles. The molecule has 0 saturated carbocycles. The number of nitrogens with one attached hydrogen (secondary N) is 1. The smallest absolute Gasteiger partial charge is 0.278 e. The predicted octanol–water partition coefficient (Wildman–Crippen LogP) is 4.57. The zero-order valence-corrected chi connectivity index (χ0v) is 18.1. The molecule has 1 N–H and O–H groups in total. The Labute approximate surface area is 188 Å². The molecule has 0 unspecified atom stereocenters. The van der Waals surface area contributed by atoms with E-state index in [1.165, 1.54) is 28.4 Å². The van der Waals surface area contributed by atoms with Gasteiger partial charge in [0.05, 0.1) is 10.5 Å². The number of nitro benzene ring substituents is 1. The van der Waals surface area contributed by atoms with Gasteiger partial charge in [0.15, 0.2) is 0 Å². The molecule has 0 spiro atoms. The number of hydrogen-bond donors (Lipinski definition) is 1. The number of hydrogen-bond acceptors (Lipinski definition) is 6. The lowest BCUT2D eigenvalue weighted by atomic mass is 10.1. The molecule has 1 aromatic heterocycles. The maximum Gasteiger partial charge on any atom is 0.278 e. The number of thiophene rings is 1. The molecule has 0 saturated heterocycles. The van der Waals surface area contributed by atoms with Gasteiger partial charge in [-0.15, -0.1) is 11.3 Å². The minimum absolute atomic E-state index is 0.0145. The average Bonchev–Trinajstić information content (AvgIpc) is 3.25. The van der Waals surface area contributed by atoms with Crippen molar-refractivity contribution < 1.29 is 14.5 Å². The van der Waals surface area contributed by atoms with E-state index >= 15 is 0 Å². The first-order chi connectivity index (χ1) is 15.3. The second-order valence-electron chi connectivity index (χ2n) is 6.88. The number of para-hydroxylation sites is 1. The zero-order valence-electron chi connectivity index (χ0n) is 17.2. The Hall–Kier alpha value is -4.29. The third kappa shape index (κ3) is 5.06. The molecule has 9 heteroatoms. The van der Waals surface area contributed by atoms with Crippen LogP contribution in [-0.2, 0) is 4.79 Å². The van der Waals surface area contributed by atoms with Crippen LogP contribution in [0.25, 0.3) is 16.5 Å². The van der Waals surface area contributed by atoms with Crippen LogP contribution in [0.15, 0.2) is 66.2 Å². The molecule has 1 heterocycles. The first-order valence-corrected chi connectivity index (χ1v) is 10.2. The number of rotatable bonds is 6. The molecule has 3 rings (SSSR count). The number of carbonyl (C=O) groups excluding carboxylic acids is 2. The Morgan fingerprint density at radius 2 is 1.78 bits per heavy atom. The van der Waals surface area contributed by atoms with E-state index in [4.69, 9.17) is 0 Å². The highest BCUT2D eigenvalue weighted by molar-refractivity contribution is 7.16.